The Kier molecular flexibility index (Phi) is 8.53. The van der Waals surface area contributed by atoms with Crippen molar-refractivity contribution < 1.29 is 18.0 Å². The Hall–Kier alpha value is -3.65. The molecular formula is C28H33N3O4S. The quantitative estimate of drug-likeness (QED) is 0.475. The standard InChI is InChI=1S/C28H33N3O4S/c1-20-12-15-25(16-13-20)36(34,35)31(26-17-21(2)11-14-22(26)3)19-27(32)30(23(4)28(33)29-5)18-24-9-7-6-8-10-24/h6-17,23H,18-19H2,1-5H3,(H,29,33)/t23-/m1/s1. The van der Waals surface area contributed by atoms with Crippen molar-refractivity contribution in [3.63, 3.8) is 0 Å². The molecule has 0 heterocycles. The summed E-state index contributed by atoms with van der Waals surface area (Å²) in [6, 6.07) is 20.5. The lowest BCUT2D eigenvalue weighted by molar-refractivity contribution is -0.139. The summed E-state index contributed by atoms with van der Waals surface area (Å²) in [5, 5.41) is 2.58. The van der Waals surface area contributed by atoms with E-state index in [4.69, 9.17) is 0 Å². The van der Waals surface area contributed by atoms with Crippen LogP contribution < -0.4 is 9.62 Å². The van der Waals surface area contributed by atoms with E-state index in [0.717, 1.165) is 26.6 Å². The van der Waals surface area contributed by atoms with E-state index in [9.17, 15) is 18.0 Å². The molecule has 0 bridgehead atoms. The van der Waals surface area contributed by atoms with Gasteiger partial charge in [0.05, 0.1) is 10.6 Å². The third kappa shape index (κ3) is 6.12. The number of nitrogens with zero attached hydrogens (tertiary/aromatic N) is 2. The van der Waals surface area contributed by atoms with Crippen molar-refractivity contribution in [2.24, 2.45) is 0 Å². The van der Waals surface area contributed by atoms with Crippen LogP contribution in [0.15, 0.2) is 77.7 Å². The Labute approximate surface area is 213 Å². The number of hydrogen-bond donors (Lipinski definition) is 1. The number of benzene rings is 3. The maximum absolute atomic E-state index is 13.9. The van der Waals surface area contributed by atoms with Gasteiger partial charge in [-0.25, -0.2) is 8.42 Å². The number of anilines is 1. The summed E-state index contributed by atoms with van der Waals surface area (Å²) >= 11 is 0. The maximum Gasteiger partial charge on any atom is 0.264 e. The topological polar surface area (TPSA) is 86.8 Å². The minimum atomic E-state index is -4.08. The number of nitrogens with one attached hydrogen (secondary N) is 1. The summed E-state index contributed by atoms with van der Waals surface area (Å²) in [5.41, 5.74) is 3.78. The Morgan fingerprint density at radius 1 is 0.889 bits per heavy atom. The lowest BCUT2D eigenvalue weighted by atomic mass is 10.1. The average Bonchev–Trinajstić information content (AvgIpc) is 2.87. The predicted octanol–water partition coefficient (Wildman–Crippen LogP) is 3.97. The summed E-state index contributed by atoms with van der Waals surface area (Å²) in [6.07, 6.45) is 0. The fourth-order valence-electron chi connectivity index (χ4n) is 3.91. The van der Waals surface area contributed by atoms with Crippen LogP contribution in [0.4, 0.5) is 5.69 Å². The molecule has 1 atom stereocenters. The summed E-state index contributed by atoms with van der Waals surface area (Å²) in [4.78, 5) is 27.8. The van der Waals surface area contributed by atoms with Crippen LogP contribution in [-0.4, -0.2) is 44.8 Å². The van der Waals surface area contributed by atoms with E-state index < -0.39 is 28.5 Å². The van der Waals surface area contributed by atoms with Gasteiger partial charge in [-0.05, 0) is 62.6 Å². The van der Waals surface area contributed by atoms with Crippen molar-refractivity contribution in [3.05, 3.63) is 95.1 Å². The van der Waals surface area contributed by atoms with Gasteiger partial charge >= 0.3 is 0 Å². The highest BCUT2D eigenvalue weighted by atomic mass is 32.2. The molecule has 0 aliphatic heterocycles. The van der Waals surface area contributed by atoms with Crippen LogP contribution in [0.3, 0.4) is 0 Å². The number of sulfonamides is 1. The molecule has 0 fully saturated rings. The van der Waals surface area contributed by atoms with Gasteiger partial charge in [0.1, 0.15) is 12.6 Å². The third-order valence-electron chi connectivity index (χ3n) is 6.13. The molecule has 0 saturated carbocycles. The number of hydrogen-bond acceptors (Lipinski definition) is 4. The molecule has 8 heteroatoms. The van der Waals surface area contributed by atoms with E-state index in [-0.39, 0.29) is 17.3 Å². The highest BCUT2D eigenvalue weighted by Gasteiger charge is 2.33. The molecular weight excluding hydrogens is 474 g/mol. The number of aryl methyl sites for hydroxylation is 3. The first-order valence-corrected chi connectivity index (χ1v) is 13.2. The molecule has 0 radical (unpaired) electrons. The van der Waals surface area contributed by atoms with Crippen LogP contribution in [0, 0.1) is 20.8 Å². The second-order valence-corrected chi connectivity index (χ2v) is 10.8. The van der Waals surface area contributed by atoms with Crippen molar-refractivity contribution in [3.8, 4) is 0 Å². The van der Waals surface area contributed by atoms with E-state index >= 15 is 0 Å². The van der Waals surface area contributed by atoms with Crippen LogP contribution in [-0.2, 0) is 26.2 Å². The average molecular weight is 508 g/mol. The zero-order valence-corrected chi connectivity index (χ0v) is 22.2. The molecule has 0 unspecified atom stereocenters. The van der Waals surface area contributed by atoms with Gasteiger partial charge in [-0.2, -0.15) is 0 Å². The molecule has 3 aromatic rings. The first-order valence-electron chi connectivity index (χ1n) is 11.8. The van der Waals surface area contributed by atoms with Crippen molar-refractivity contribution in [2.75, 3.05) is 17.9 Å². The summed E-state index contributed by atoms with van der Waals surface area (Å²) in [6.45, 7) is 6.91. The molecule has 0 saturated heterocycles. The Balaban J connectivity index is 2.07. The molecule has 3 aromatic carbocycles. The minimum absolute atomic E-state index is 0.0933. The van der Waals surface area contributed by atoms with Gasteiger partial charge < -0.3 is 10.2 Å². The molecule has 0 aromatic heterocycles. The number of carbonyl (C=O) groups is 2. The lowest BCUT2D eigenvalue weighted by Gasteiger charge is -2.32. The van der Waals surface area contributed by atoms with E-state index in [1.54, 1.807) is 37.3 Å². The summed E-state index contributed by atoms with van der Waals surface area (Å²) in [5.74, 6) is -0.814. The second-order valence-electron chi connectivity index (χ2n) is 8.91. The highest BCUT2D eigenvalue weighted by Crippen LogP contribution is 2.28. The summed E-state index contributed by atoms with van der Waals surface area (Å²) in [7, 11) is -2.57. The Morgan fingerprint density at radius 2 is 1.50 bits per heavy atom. The van der Waals surface area contributed by atoms with Gasteiger partial charge in [0.2, 0.25) is 11.8 Å². The first-order chi connectivity index (χ1) is 17.0. The number of likely N-dealkylation sites (N-methyl/N-ethyl adjacent to an activating group) is 1. The molecule has 0 spiro atoms. The monoisotopic (exact) mass is 507 g/mol. The van der Waals surface area contributed by atoms with Gasteiger partial charge in [-0.3, -0.25) is 13.9 Å². The third-order valence-corrected chi connectivity index (χ3v) is 7.90. The normalized spacial score (nSPS) is 12.0. The van der Waals surface area contributed by atoms with Gasteiger partial charge in [-0.1, -0.05) is 60.2 Å². The van der Waals surface area contributed by atoms with Crippen LogP contribution in [0.1, 0.15) is 29.2 Å². The largest absolute Gasteiger partial charge is 0.357 e. The van der Waals surface area contributed by atoms with E-state index in [2.05, 4.69) is 5.32 Å². The SMILES string of the molecule is CNC(=O)[C@@H](C)N(Cc1ccccc1)C(=O)CN(c1cc(C)ccc1C)S(=O)(=O)c1ccc(C)cc1. The number of carbonyl (C=O) groups excluding carboxylic acids is 2. The molecule has 0 aliphatic carbocycles. The van der Waals surface area contributed by atoms with Crippen molar-refractivity contribution >= 4 is 27.5 Å². The van der Waals surface area contributed by atoms with Gasteiger partial charge in [-0.15, -0.1) is 0 Å². The number of amides is 2. The molecule has 7 nitrogen and oxygen atoms in total. The van der Waals surface area contributed by atoms with Gasteiger partial charge in [0, 0.05) is 13.6 Å². The summed E-state index contributed by atoms with van der Waals surface area (Å²) < 4.78 is 28.9. The lowest BCUT2D eigenvalue weighted by Crippen LogP contribution is -2.50. The van der Waals surface area contributed by atoms with E-state index in [1.807, 2.05) is 63.2 Å². The molecule has 36 heavy (non-hydrogen) atoms. The molecule has 1 N–H and O–H groups in total. The smallest absolute Gasteiger partial charge is 0.264 e. The molecule has 0 aliphatic rings. The Morgan fingerprint density at radius 3 is 2.11 bits per heavy atom. The highest BCUT2D eigenvalue weighted by molar-refractivity contribution is 7.92. The fraction of sp³-hybridized carbons (Fsp3) is 0.286. The molecule has 190 valence electrons. The van der Waals surface area contributed by atoms with Crippen molar-refractivity contribution in [1.82, 2.24) is 10.2 Å². The first kappa shape index (κ1) is 26.9. The van der Waals surface area contributed by atoms with Crippen molar-refractivity contribution in [1.29, 1.82) is 0 Å². The van der Waals surface area contributed by atoms with Crippen LogP contribution in [0.5, 0.6) is 0 Å². The van der Waals surface area contributed by atoms with Gasteiger partial charge in [0.15, 0.2) is 0 Å². The van der Waals surface area contributed by atoms with Gasteiger partial charge in [0.25, 0.3) is 10.0 Å². The van der Waals surface area contributed by atoms with E-state index in [0.29, 0.717) is 5.69 Å². The van der Waals surface area contributed by atoms with Crippen LogP contribution in [0.25, 0.3) is 0 Å². The number of rotatable bonds is 9. The minimum Gasteiger partial charge on any atom is -0.357 e. The molecule has 3 rings (SSSR count). The Bertz CT molecular complexity index is 1320. The van der Waals surface area contributed by atoms with Crippen LogP contribution in [0.2, 0.25) is 0 Å². The second kappa shape index (κ2) is 11.4. The zero-order valence-electron chi connectivity index (χ0n) is 21.4. The van der Waals surface area contributed by atoms with Crippen LogP contribution >= 0.6 is 0 Å². The fourth-order valence-corrected chi connectivity index (χ4v) is 5.38. The molecule has 2 amide bonds. The zero-order chi connectivity index (χ0) is 26.5. The predicted molar refractivity (Wildman–Crippen MR) is 142 cm³/mol. The maximum atomic E-state index is 13.9. The van der Waals surface area contributed by atoms with Crippen molar-refractivity contribution in [2.45, 2.75) is 45.2 Å². The van der Waals surface area contributed by atoms with E-state index in [1.165, 1.54) is 11.9 Å².